The number of nitrogens with zero attached hydrogens (tertiary/aromatic N) is 16. The monoisotopic (exact) mass is 1090 g/mol. The SMILES string of the molecule is CC#N.CO.Nc1ccncn1.Nc1cnccc1Nc1ccncn1.O=[N+]([O-])c1cnccc1Cl.O=[N+]([O-])c1cnccc1Nc1ccncn1.O=c1[nH]c2cnccc2n1-c1ccncn1.[2H]CI. The number of halogens is 2. The number of anilines is 6. The van der Waals surface area contributed by atoms with Crippen molar-refractivity contribution < 1.29 is 16.3 Å². The largest absolute Gasteiger partial charge is 0.400 e. The molecular weight excluding hydrogens is 1040 g/mol. The number of nitro groups is 2. The molecule has 0 unspecified atom stereocenters. The zero-order valence-corrected chi connectivity index (χ0v) is 39.5. The maximum Gasteiger partial charge on any atom is 0.332 e. The van der Waals surface area contributed by atoms with Gasteiger partial charge in [0.25, 0.3) is 0 Å². The van der Waals surface area contributed by atoms with Crippen LogP contribution in [0.2, 0.25) is 5.02 Å². The van der Waals surface area contributed by atoms with Crippen LogP contribution < -0.4 is 27.8 Å². The number of imidazole rings is 1. The molecule has 0 atom stereocenters. The van der Waals surface area contributed by atoms with Gasteiger partial charge in [0.05, 0.1) is 50.7 Å². The van der Waals surface area contributed by atoms with Crippen LogP contribution in [0.1, 0.15) is 8.29 Å². The summed E-state index contributed by atoms with van der Waals surface area (Å²) in [5, 5.41) is 41.1. The maximum absolute atomic E-state index is 11.8. The average molecular weight is 1090 g/mol. The Kier molecular flexibility index (Phi) is 26.1. The van der Waals surface area contributed by atoms with Gasteiger partial charge in [0, 0.05) is 65.0 Å². The molecule has 29 heteroatoms. The number of nitriles is 1. The normalized spacial score (nSPS) is 9.29. The Balaban J connectivity index is 0.000000299. The van der Waals surface area contributed by atoms with E-state index in [-0.39, 0.29) is 22.1 Å². The number of H-pyrrole nitrogens is 1. The number of nitrogen functional groups attached to an aromatic ring is 2. The third kappa shape index (κ3) is 20.0. The second-order valence-corrected chi connectivity index (χ2v) is 12.1. The molecule has 0 saturated heterocycles. The number of rotatable bonds is 7. The number of nitrogens with two attached hydrogens (primary N) is 2. The zero-order chi connectivity index (χ0) is 52.2. The summed E-state index contributed by atoms with van der Waals surface area (Å²) in [5.41, 5.74) is 13.6. The van der Waals surface area contributed by atoms with Crippen molar-refractivity contribution in [1.82, 2.24) is 69.4 Å². The van der Waals surface area contributed by atoms with Gasteiger partial charge in [-0.25, -0.2) is 49.2 Å². The van der Waals surface area contributed by atoms with Gasteiger partial charge in [-0.15, -0.1) is 0 Å². The molecule has 360 valence electrons. The van der Waals surface area contributed by atoms with E-state index >= 15 is 0 Å². The summed E-state index contributed by atoms with van der Waals surface area (Å²) in [6.45, 7) is 1.43. The molecule has 0 aliphatic carbocycles. The molecule has 0 fully saturated rings. The van der Waals surface area contributed by atoms with E-state index in [0.717, 1.165) is 24.5 Å². The number of alkyl halides is 1. The lowest BCUT2D eigenvalue weighted by Crippen LogP contribution is -2.15. The van der Waals surface area contributed by atoms with Crippen molar-refractivity contribution in [3.05, 3.63) is 184 Å². The van der Waals surface area contributed by atoms with E-state index < -0.39 is 9.85 Å². The highest BCUT2D eigenvalue weighted by Gasteiger charge is 2.13. The maximum atomic E-state index is 11.8. The number of aromatic amines is 1. The summed E-state index contributed by atoms with van der Waals surface area (Å²) in [5.74, 6) is 2.25. The third-order valence-electron chi connectivity index (χ3n) is 7.37. The molecule has 0 aromatic carbocycles. The number of fused-ring (bicyclic) bond motifs is 1. The van der Waals surface area contributed by atoms with E-state index in [2.05, 4.69) is 75.4 Å². The van der Waals surface area contributed by atoms with E-state index in [1.807, 2.05) is 22.6 Å². The van der Waals surface area contributed by atoms with E-state index in [4.69, 9.17) is 34.8 Å². The molecule has 0 radical (unpaired) electrons. The predicted octanol–water partition coefficient (Wildman–Crippen LogP) is 6.12. The average Bonchev–Trinajstić information content (AvgIpc) is 3.73. The predicted molar refractivity (Wildman–Crippen MR) is 269 cm³/mol. The van der Waals surface area contributed by atoms with Gasteiger partial charge in [0.1, 0.15) is 71.7 Å². The summed E-state index contributed by atoms with van der Waals surface area (Å²) in [7, 11) is 1.00. The minimum atomic E-state index is -0.574. The van der Waals surface area contributed by atoms with Crippen LogP contribution in [0.25, 0.3) is 16.9 Å². The molecule has 9 aromatic rings. The van der Waals surface area contributed by atoms with Crippen molar-refractivity contribution in [2.75, 3.05) is 34.1 Å². The second-order valence-electron chi connectivity index (χ2n) is 11.7. The van der Waals surface area contributed by atoms with Crippen molar-refractivity contribution >= 4 is 91.1 Å². The summed E-state index contributed by atoms with van der Waals surface area (Å²) in [6.07, 6.45) is 23.7. The smallest absolute Gasteiger partial charge is 0.332 e. The Labute approximate surface area is 417 Å². The fourth-order valence-corrected chi connectivity index (χ4v) is 4.74. The van der Waals surface area contributed by atoms with Crippen molar-refractivity contribution in [3.8, 4) is 11.9 Å². The molecule has 70 heavy (non-hydrogen) atoms. The molecule has 27 nitrogen and oxygen atoms in total. The number of nitrogens with one attached hydrogen (secondary N) is 3. The molecule has 0 saturated carbocycles. The lowest BCUT2D eigenvalue weighted by atomic mass is 10.3. The molecular formula is C41H41ClIN21O6. The van der Waals surface area contributed by atoms with E-state index in [1.165, 1.54) is 67.5 Å². The third-order valence-corrected chi connectivity index (χ3v) is 7.69. The molecule has 9 heterocycles. The standard InChI is InChI=1S/C10H7N5O.C9H7N5O2.C9H9N5.C5H3ClN2O2.C4H5N3.C2H3N.CH3I.CH4O/c16-10-14-7-5-11-3-1-8(7)15(10)9-2-4-12-6-13-9;15-14(16)8-5-10-3-1-7(8)13-9-2-4-11-6-12-9;10-7-5-11-3-1-8(7)14-9-2-4-12-6-13-9;6-4-1-2-7-3-5(4)8(9)10;5-4-1-2-6-3-7-4;1-2-3;2*1-2/h1-6H,(H,14,16);1-6H,(H,10,11,12,13);1-6H,10H2,(H,11,12,13,14);1-3H;1-3H,(H2,5,6,7);1H3;1H3;2H,1H3/i;;;;;;1D;. The van der Waals surface area contributed by atoms with Crippen molar-refractivity contribution in [1.29, 1.82) is 5.26 Å². The summed E-state index contributed by atoms with van der Waals surface area (Å²) in [6, 6.07) is 14.9. The summed E-state index contributed by atoms with van der Waals surface area (Å²) in [4.78, 5) is 80.4. The van der Waals surface area contributed by atoms with Crippen LogP contribution in [0.15, 0.2) is 153 Å². The lowest BCUT2D eigenvalue weighted by Gasteiger charge is -2.06. The van der Waals surface area contributed by atoms with Gasteiger partial charge in [0.15, 0.2) is 0 Å². The number of hydrogen-bond donors (Lipinski definition) is 6. The molecule has 0 aliphatic rings. The fraction of sp³-hybridized carbons (Fsp3) is 0.0732. The van der Waals surface area contributed by atoms with Crippen LogP contribution in [-0.2, 0) is 0 Å². The van der Waals surface area contributed by atoms with Gasteiger partial charge in [-0.2, -0.15) is 5.26 Å². The lowest BCUT2D eigenvalue weighted by molar-refractivity contribution is -0.385. The molecule has 9 aromatic heterocycles. The summed E-state index contributed by atoms with van der Waals surface area (Å²) < 4.78 is 7.68. The van der Waals surface area contributed by atoms with Crippen LogP contribution in [0.3, 0.4) is 0 Å². The van der Waals surface area contributed by atoms with Gasteiger partial charge < -0.3 is 32.2 Å². The van der Waals surface area contributed by atoms with Crippen molar-refractivity contribution in [3.63, 3.8) is 0 Å². The second kappa shape index (κ2) is 33.2. The van der Waals surface area contributed by atoms with Gasteiger partial charge in [-0.1, -0.05) is 34.2 Å². The van der Waals surface area contributed by atoms with Gasteiger partial charge in [-0.05, 0) is 53.4 Å². The van der Waals surface area contributed by atoms with E-state index in [0.29, 0.717) is 45.1 Å². The Morgan fingerprint density at radius 3 is 1.61 bits per heavy atom. The first-order chi connectivity index (χ1) is 34.4. The Morgan fingerprint density at radius 2 is 1.16 bits per heavy atom. The first-order valence-electron chi connectivity index (χ1n) is 19.7. The fourth-order valence-electron chi connectivity index (χ4n) is 4.57. The first-order valence-corrected chi connectivity index (χ1v) is 20.8. The molecule has 8 N–H and O–H groups in total. The number of aliphatic hydroxyl groups excluding tert-OH is 1. The molecule has 9 rings (SSSR count). The zero-order valence-electron chi connectivity index (χ0n) is 37.6. The van der Waals surface area contributed by atoms with Crippen LogP contribution in [-0.4, -0.2) is 96.3 Å². The quantitative estimate of drug-likeness (QED) is 0.0453. The van der Waals surface area contributed by atoms with E-state index in [1.54, 1.807) is 92.0 Å². The van der Waals surface area contributed by atoms with Crippen LogP contribution in [0.4, 0.5) is 45.9 Å². The molecule has 0 amide bonds. The topological polar surface area (TPSA) is 399 Å². The van der Waals surface area contributed by atoms with Crippen molar-refractivity contribution in [2.24, 2.45) is 0 Å². The number of pyridine rings is 4. The number of hydrogen-bond acceptors (Lipinski definition) is 23. The minimum absolute atomic E-state index is 0.0962. The number of aromatic nitrogens is 14. The Bertz CT molecular complexity index is 3020. The van der Waals surface area contributed by atoms with Gasteiger partial charge in [0.2, 0.25) is 0 Å². The van der Waals surface area contributed by atoms with Crippen LogP contribution in [0.5, 0.6) is 0 Å². The highest BCUT2D eigenvalue weighted by atomic mass is 127. The van der Waals surface area contributed by atoms with Gasteiger partial charge in [-0.3, -0.25) is 40.2 Å². The Morgan fingerprint density at radius 1 is 0.700 bits per heavy atom. The molecule has 0 bridgehead atoms. The van der Waals surface area contributed by atoms with Crippen LogP contribution in [0, 0.1) is 31.6 Å². The highest BCUT2D eigenvalue weighted by Crippen LogP contribution is 2.25. The van der Waals surface area contributed by atoms with Gasteiger partial charge >= 0.3 is 17.1 Å². The van der Waals surface area contributed by atoms with Crippen molar-refractivity contribution in [2.45, 2.75) is 6.92 Å². The first kappa shape index (κ1) is 55.0. The van der Waals surface area contributed by atoms with E-state index in [9.17, 15) is 25.0 Å². The Hall–Kier alpha value is -9.34. The number of aliphatic hydroxyl groups is 1. The summed E-state index contributed by atoms with van der Waals surface area (Å²) >= 11 is 7.39. The minimum Gasteiger partial charge on any atom is -0.400 e. The molecule has 0 aliphatic heterocycles. The van der Waals surface area contributed by atoms with Crippen LogP contribution >= 0.6 is 34.2 Å². The highest BCUT2D eigenvalue weighted by molar-refractivity contribution is 14.1. The molecule has 0 spiro atoms.